The Bertz CT molecular complexity index is 341. The molecule has 1 aliphatic carbocycles. The Hall–Kier alpha value is -1.36. The standard InChI is InChI=1S/C11H18N4O/c1-12-11-13-6-5-10(14-11)16-8-7-15(2)9-3-4-9/h5-6,9H,3-4,7-8H2,1-2H3,(H,12,13,14). The van der Waals surface area contributed by atoms with Crippen molar-refractivity contribution in [3.63, 3.8) is 0 Å². The minimum Gasteiger partial charge on any atom is -0.476 e. The van der Waals surface area contributed by atoms with E-state index in [1.54, 1.807) is 19.3 Å². The second kappa shape index (κ2) is 5.12. The van der Waals surface area contributed by atoms with Crippen LogP contribution in [0.3, 0.4) is 0 Å². The fourth-order valence-electron chi connectivity index (χ4n) is 1.54. The molecular formula is C11H18N4O. The van der Waals surface area contributed by atoms with Gasteiger partial charge in [-0.3, -0.25) is 0 Å². The van der Waals surface area contributed by atoms with Crippen LogP contribution in [0.5, 0.6) is 5.88 Å². The normalized spacial score (nSPS) is 15.2. The van der Waals surface area contributed by atoms with Crippen molar-refractivity contribution in [1.82, 2.24) is 14.9 Å². The summed E-state index contributed by atoms with van der Waals surface area (Å²) >= 11 is 0. The zero-order valence-electron chi connectivity index (χ0n) is 9.81. The number of anilines is 1. The lowest BCUT2D eigenvalue weighted by Gasteiger charge is -2.15. The molecule has 5 heteroatoms. The molecule has 0 aliphatic heterocycles. The molecule has 5 nitrogen and oxygen atoms in total. The van der Waals surface area contributed by atoms with E-state index in [1.807, 2.05) is 0 Å². The zero-order chi connectivity index (χ0) is 11.4. The van der Waals surface area contributed by atoms with Crippen LogP contribution in [0.25, 0.3) is 0 Å². The van der Waals surface area contributed by atoms with Crippen LogP contribution >= 0.6 is 0 Å². The quantitative estimate of drug-likeness (QED) is 0.778. The van der Waals surface area contributed by atoms with Gasteiger partial charge in [0.15, 0.2) is 0 Å². The molecule has 1 aromatic heterocycles. The van der Waals surface area contributed by atoms with Crippen LogP contribution in [0, 0.1) is 0 Å². The summed E-state index contributed by atoms with van der Waals surface area (Å²) in [6, 6.07) is 2.56. The van der Waals surface area contributed by atoms with Crippen LogP contribution < -0.4 is 10.1 Å². The molecule has 1 heterocycles. The first kappa shape index (κ1) is 11.1. The monoisotopic (exact) mass is 222 g/mol. The van der Waals surface area contributed by atoms with E-state index < -0.39 is 0 Å². The van der Waals surface area contributed by atoms with Crippen molar-refractivity contribution in [2.45, 2.75) is 18.9 Å². The average Bonchev–Trinajstić information content (AvgIpc) is 3.13. The van der Waals surface area contributed by atoms with E-state index in [2.05, 4.69) is 27.2 Å². The second-order valence-electron chi connectivity index (χ2n) is 4.03. The molecule has 1 aliphatic rings. The van der Waals surface area contributed by atoms with Gasteiger partial charge in [0, 0.05) is 31.9 Å². The van der Waals surface area contributed by atoms with Gasteiger partial charge in [-0.2, -0.15) is 4.98 Å². The van der Waals surface area contributed by atoms with E-state index in [4.69, 9.17) is 4.74 Å². The van der Waals surface area contributed by atoms with Crippen LogP contribution in [0.15, 0.2) is 12.3 Å². The predicted octanol–water partition coefficient (Wildman–Crippen LogP) is 0.991. The Morgan fingerprint density at radius 1 is 1.56 bits per heavy atom. The van der Waals surface area contributed by atoms with E-state index >= 15 is 0 Å². The number of likely N-dealkylation sites (N-methyl/N-ethyl adjacent to an activating group) is 1. The van der Waals surface area contributed by atoms with E-state index in [-0.39, 0.29) is 0 Å². The number of nitrogens with one attached hydrogen (secondary N) is 1. The minimum atomic E-state index is 0.591. The molecule has 0 spiro atoms. The van der Waals surface area contributed by atoms with E-state index in [0.717, 1.165) is 12.6 Å². The lowest BCUT2D eigenvalue weighted by molar-refractivity contribution is 0.226. The highest BCUT2D eigenvalue weighted by Gasteiger charge is 2.25. The first-order chi connectivity index (χ1) is 7.79. The molecule has 1 aromatic rings. The third-order valence-electron chi connectivity index (χ3n) is 2.72. The van der Waals surface area contributed by atoms with Crippen LogP contribution in [-0.2, 0) is 0 Å². The fraction of sp³-hybridized carbons (Fsp3) is 0.636. The Balaban J connectivity index is 1.75. The second-order valence-corrected chi connectivity index (χ2v) is 4.03. The maximum absolute atomic E-state index is 5.56. The van der Waals surface area contributed by atoms with Gasteiger partial charge >= 0.3 is 0 Å². The summed E-state index contributed by atoms with van der Waals surface area (Å²) in [7, 11) is 3.93. The number of ether oxygens (including phenoxy) is 1. The number of hydrogen-bond donors (Lipinski definition) is 1. The molecule has 0 amide bonds. The summed E-state index contributed by atoms with van der Waals surface area (Å²) < 4.78 is 5.56. The van der Waals surface area contributed by atoms with Crippen molar-refractivity contribution in [3.8, 4) is 5.88 Å². The number of rotatable bonds is 6. The van der Waals surface area contributed by atoms with Gasteiger partial charge in [-0.15, -0.1) is 0 Å². The highest BCUT2D eigenvalue weighted by atomic mass is 16.5. The van der Waals surface area contributed by atoms with Crippen molar-refractivity contribution in [1.29, 1.82) is 0 Å². The number of nitrogens with zero attached hydrogens (tertiary/aromatic N) is 3. The van der Waals surface area contributed by atoms with Gasteiger partial charge in [0.05, 0.1) is 0 Å². The summed E-state index contributed by atoms with van der Waals surface area (Å²) in [6.07, 6.45) is 4.35. The molecule has 88 valence electrons. The van der Waals surface area contributed by atoms with Crippen molar-refractivity contribution in [3.05, 3.63) is 12.3 Å². The molecule has 0 bridgehead atoms. The molecule has 1 fully saturated rings. The van der Waals surface area contributed by atoms with Gasteiger partial charge < -0.3 is 15.0 Å². The Kier molecular flexibility index (Phi) is 3.56. The number of hydrogen-bond acceptors (Lipinski definition) is 5. The average molecular weight is 222 g/mol. The summed E-state index contributed by atoms with van der Waals surface area (Å²) in [4.78, 5) is 10.5. The van der Waals surface area contributed by atoms with E-state index in [1.165, 1.54) is 12.8 Å². The summed E-state index contributed by atoms with van der Waals surface area (Å²) in [5.74, 6) is 1.22. The highest BCUT2D eigenvalue weighted by molar-refractivity contribution is 5.25. The Morgan fingerprint density at radius 2 is 2.38 bits per heavy atom. The molecule has 0 aromatic carbocycles. The maximum Gasteiger partial charge on any atom is 0.225 e. The van der Waals surface area contributed by atoms with Crippen molar-refractivity contribution < 1.29 is 4.74 Å². The fourth-order valence-corrected chi connectivity index (χ4v) is 1.54. The largest absolute Gasteiger partial charge is 0.476 e. The minimum absolute atomic E-state index is 0.591. The highest BCUT2D eigenvalue weighted by Crippen LogP contribution is 2.24. The Labute approximate surface area is 95.8 Å². The van der Waals surface area contributed by atoms with Crippen LogP contribution in [0.2, 0.25) is 0 Å². The van der Waals surface area contributed by atoms with Gasteiger partial charge in [-0.05, 0) is 19.9 Å². The van der Waals surface area contributed by atoms with Crippen molar-refractivity contribution in [2.24, 2.45) is 0 Å². The summed E-state index contributed by atoms with van der Waals surface area (Å²) in [5.41, 5.74) is 0. The van der Waals surface area contributed by atoms with Crippen molar-refractivity contribution in [2.75, 3.05) is 32.6 Å². The molecule has 0 saturated heterocycles. The van der Waals surface area contributed by atoms with Gasteiger partial charge in [0.1, 0.15) is 6.61 Å². The predicted molar refractivity (Wildman–Crippen MR) is 62.7 cm³/mol. The topological polar surface area (TPSA) is 50.3 Å². The first-order valence-electron chi connectivity index (χ1n) is 5.63. The van der Waals surface area contributed by atoms with Crippen LogP contribution in [0.4, 0.5) is 5.95 Å². The smallest absolute Gasteiger partial charge is 0.225 e. The van der Waals surface area contributed by atoms with Gasteiger partial charge in [-0.25, -0.2) is 4.98 Å². The molecule has 1 saturated carbocycles. The lowest BCUT2D eigenvalue weighted by Crippen LogP contribution is -2.26. The van der Waals surface area contributed by atoms with Gasteiger partial charge in [-0.1, -0.05) is 0 Å². The molecule has 2 rings (SSSR count). The van der Waals surface area contributed by atoms with E-state index in [0.29, 0.717) is 18.4 Å². The third kappa shape index (κ3) is 3.06. The van der Waals surface area contributed by atoms with Crippen molar-refractivity contribution >= 4 is 5.95 Å². The van der Waals surface area contributed by atoms with Crippen LogP contribution in [-0.4, -0.2) is 48.2 Å². The molecular weight excluding hydrogens is 204 g/mol. The van der Waals surface area contributed by atoms with Crippen LogP contribution in [0.1, 0.15) is 12.8 Å². The molecule has 1 N–H and O–H groups in total. The molecule has 0 atom stereocenters. The van der Waals surface area contributed by atoms with Gasteiger partial charge in [0.2, 0.25) is 11.8 Å². The molecule has 0 unspecified atom stereocenters. The Morgan fingerprint density at radius 3 is 3.06 bits per heavy atom. The van der Waals surface area contributed by atoms with Gasteiger partial charge in [0.25, 0.3) is 0 Å². The molecule has 16 heavy (non-hydrogen) atoms. The lowest BCUT2D eigenvalue weighted by atomic mass is 10.5. The summed E-state index contributed by atoms with van der Waals surface area (Å²) in [5, 5.41) is 2.88. The molecule has 0 radical (unpaired) electrons. The zero-order valence-corrected chi connectivity index (χ0v) is 9.81. The third-order valence-corrected chi connectivity index (χ3v) is 2.72. The SMILES string of the molecule is CNc1nccc(OCCN(C)C2CC2)n1. The summed E-state index contributed by atoms with van der Waals surface area (Å²) in [6.45, 7) is 1.62. The van der Waals surface area contributed by atoms with E-state index in [9.17, 15) is 0 Å². The maximum atomic E-state index is 5.56. The number of aromatic nitrogens is 2. The first-order valence-corrected chi connectivity index (χ1v) is 5.63.